The number of hydrogen-bond acceptors (Lipinski definition) is 5. The molecule has 1 aliphatic carbocycles. The average Bonchev–Trinajstić information content (AvgIpc) is 3.37. The number of hydrogen-bond donors (Lipinski definition) is 2. The van der Waals surface area contributed by atoms with Gasteiger partial charge in [-0.25, -0.2) is 0 Å². The summed E-state index contributed by atoms with van der Waals surface area (Å²) in [7, 11) is 3.64. The summed E-state index contributed by atoms with van der Waals surface area (Å²) in [6.07, 6.45) is 2.86. The summed E-state index contributed by atoms with van der Waals surface area (Å²) in [6.45, 7) is 1.71. The predicted molar refractivity (Wildman–Crippen MR) is 114 cm³/mol. The average molecular weight is 434 g/mol. The van der Waals surface area contributed by atoms with E-state index in [4.69, 9.17) is 11.6 Å². The molecule has 0 spiro atoms. The van der Waals surface area contributed by atoms with Crippen LogP contribution < -0.4 is 10.0 Å². The van der Waals surface area contributed by atoms with Crippen LogP contribution in [-0.2, 0) is 20.0 Å². The number of amides is 2. The molecule has 1 aliphatic heterocycles. The molecule has 2 aromatic rings. The van der Waals surface area contributed by atoms with E-state index in [0.717, 1.165) is 30.5 Å². The highest BCUT2D eigenvalue weighted by atomic mass is 35.5. The lowest BCUT2D eigenvalue weighted by Gasteiger charge is -2.30. The van der Waals surface area contributed by atoms with Gasteiger partial charge in [-0.2, -0.15) is 5.10 Å². The Bertz CT molecular complexity index is 939. The van der Waals surface area contributed by atoms with E-state index < -0.39 is 0 Å². The van der Waals surface area contributed by atoms with Crippen molar-refractivity contribution in [3.8, 4) is 0 Å². The van der Waals surface area contributed by atoms with Gasteiger partial charge in [0.2, 0.25) is 0 Å². The van der Waals surface area contributed by atoms with E-state index in [9.17, 15) is 9.59 Å². The molecule has 154 valence electrons. The Morgan fingerprint density at radius 2 is 2.03 bits per heavy atom. The number of rotatable bonds is 7. The molecule has 2 heterocycles. The van der Waals surface area contributed by atoms with Crippen LogP contribution >= 0.6 is 23.5 Å². The zero-order valence-corrected chi connectivity index (χ0v) is 18.1. The summed E-state index contributed by atoms with van der Waals surface area (Å²) in [5.41, 5.74) is 2.56. The highest BCUT2D eigenvalue weighted by molar-refractivity contribution is 7.99. The molecule has 7 nitrogen and oxygen atoms in total. The molecule has 0 unspecified atom stereocenters. The molecule has 1 saturated carbocycles. The third-order valence-corrected chi connectivity index (χ3v) is 6.88. The van der Waals surface area contributed by atoms with Gasteiger partial charge in [-0.1, -0.05) is 35.7 Å². The van der Waals surface area contributed by atoms with Crippen LogP contribution in [0.5, 0.6) is 0 Å². The number of benzene rings is 1. The second-order valence-electron chi connectivity index (χ2n) is 7.57. The van der Waals surface area contributed by atoms with Gasteiger partial charge in [0.1, 0.15) is 5.69 Å². The molecule has 2 aliphatic rings. The minimum atomic E-state index is -0.262. The van der Waals surface area contributed by atoms with Gasteiger partial charge >= 0.3 is 0 Å². The van der Waals surface area contributed by atoms with E-state index in [1.807, 2.05) is 24.1 Å². The molecule has 2 amide bonds. The molecule has 29 heavy (non-hydrogen) atoms. The van der Waals surface area contributed by atoms with Crippen LogP contribution in [0.25, 0.3) is 0 Å². The number of aromatic nitrogens is 2. The van der Waals surface area contributed by atoms with Crippen molar-refractivity contribution in [2.45, 2.75) is 30.6 Å². The molecular weight excluding hydrogens is 410 g/mol. The first-order valence-electron chi connectivity index (χ1n) is 9.65. The van der Waals surface area contributed by atoms with Gasteiger partial charge in [0.05, 0.1) is 0 Å². The maximum atomic E-state index is 13.1. The topological polar surface area (TPSA) is 79.3 Å². The van der Waals surface area contributed by atoms with E-state index in [2.05, 4.69) is 15.1 Å². The lowest BCUT2D eigenvalue weighted by molar-refractivity contribution is 0.0725. The third kappa shape index (κ3) is 4.15. The van der Waals surface area contributed by atoms with Crippen LogP contribution in [0.15, 0.2) is 24.3 Å². The number of aryl methyl sites for hydroxylation is 1. The Labute approximate surface area is 179 Å². The van der Waals surface area contributed by atoms with E-state index in [0.29, 0.717) is 35.9 Å². The molecule has 0 atom stereocenters. The van der Waals surface area contributed by atoms with Crippen molar-refractivity contribution in [3.63, 3.8) is 0 Å². The quantitative estimate of drug-likeness (QED) is 0.655. The monoisotopic (exact) mass is 433 g/mol. The van der Waals surface area contributed by atoms with Crippen molar-refractivity contribution in [2.24, 2.45) is 7.05 Å². The molecule has 0 bridgehead atoms. The Morgan fingerprint density at radius 3 is 2.69 bits per heavy atom. The van der Waals surface area contributed by atoms with Crippen LogP contribution in [0, 0.1) is 0 Å². The normalized spacial score (nSPS) is 17.2. The fourth-order valence-electron chi connectivity index (χ4n) is 3.77. The maximum Gasteiger partial charge on any atom is 0.272 e. The molecule has 1 fully saturated rings. The largest absolute Gasteiger partial charge is 0.347 e. The van der Waals surface area contributed by atoms with Gasteiger partial charge in [0, 0.05) is 42.0 Å². The Kier molecular flexibility index (Phi) is 5.59. The second kappa shape index (κ2) is 8.01. The summed E-state index contributed by atoms with van der Waals surface area (Å²) < 4.78 is 4.83. The Balaban J connectivity index is 1.47. The van der Waals surface area contributed by atoms with E-state index in [1.165, 1.54) is 0 Å². The number of halogens is 1. The number of nitrogens with zero attached hydrogens (tertiary/aromatic N) is 3. The fraction of sp³-hybridized carbons (Fsp3) is 0.450. The number of nitrogens with one attached hydrogen (secondary N) is 2. The highest BCUT2D eigenvalue weighted by Crippen LogP contribution is 2.47. The molecule has 1 aromatic carbocycles. The minimum Gasteiger partial charge on any atom is -0.347 e. The molecule has 0 radical (unpaired) electrons. The van der Waals surface area contributed by atoms with Gasteiger partial charge in [-0.3, -0.25) is 19.0 Å². The molecule has 9 heteroatoms. The molecule has 1 aromatic heterocycles. The fourth-order valence-corrected chi connectivity index (χ4v) is 4.85. The van der Waals surface area contributed by atoms with Gasteiger partial charge in [-0.15, -0.1) is 0 Å². The van der Waals surface area contributed by atoms with Crippen LogP contribution in [0.2, 0.25) is 5.02 Å². The first kappa shape index (κ1) is 20.3. The van der Waals surface area contributed by atoms with Gasteiger partial charge in [0.25, 0.3) is 11.8 Å². The maximum absolute atomic E-state index is 13.1. The number of carbonyl (C=O) groups is 2. The first-order chi connectivity index (χ1) is 13.9. The van der Waals surface area contributed by atoms with E-state index in [-0.39, 0.29) is 16.6 Å². The molecule has 4 rings (SSSR count). The van der Waals surface area contributed by atoms with Gasteiger partial charge < -0.3 is 10.2 Å². The van der Waals surface area contributed by atoms with Crippen molar-refractivity contribution in [1.29, 1.82) is 0 Å². The lowest BCUT2D eigenvalue weighted by atomic mass is 10.0. The third-order valence-electron chi connectivity index (χ3n) is 5.45. The van der Waals surface area contributed by atoms with Crippen LogP contribution in [0.4, 0.5) is 0 Å². The Hall–Kier alpha value is -2.03. The summed E-state index contributed by atoms with van der Waals surface area (Å²) in [6, 6.07) is 7.32. The van der Waals surface area contributed by atoms with Crippen LogP contribution in [0.1, 0.15) is 44.9 Å². The minimum absolute atomic E-state index is 0.0408. The number of carbonyl (C=O) groups excluding carboxylic acids is 2. The summed E-state index contributed by atoms with van der Waals surface area (Å²) >= 11 is 7.60. The van der Waals surface area contributed by atoms with Crippen molar-refractivity contribution >= 4 is 35.4 Å². The van der Waals surface area contributed by atoms with E-state index in [1.54, 1.807) is 35.8 Å². The predicted octanol–water partition coefficient (Wildman–Crippen LogP) is 2.40. The zero-order chi connectivity index (χ0) is 20.6. The first-order valence-corrected chi connectivity index (χ1v) is 10.8. The summed E-state index contributed by atoms with van der Waals surface area (Å²) in [5, 5.41) is 7.92. The molecule has 2 N–H and O–H groups in total. The summed E-state index contributed by atoms with van der Waals surface area (Å²) in [5.74, 6) is -0.302. The SMILES string of the molecule is CNSC1(CN2CCc3c(C(=O)NCc4ccc(Cl)cc4)nn(C)c3C2=O)CC1. The second-order valence-corrected chi connectivity index (χ2v) is 9.49. The van der Waals surface area contributed by atoms with Crippen molar-refractivity contribution in [1.82, 2.24) is 24.7 Å². The molecular formula is C20H24ClN5O2S. The van der Waals surface area contributed by atoms with Crippen LogP contribution in [0.3, 0.4) is 0 Å². The summed E-state index contributed by atoms with van der Waals surface area (Å²) in [4.78, 5) is 27.7. The molecule has 0 saturated heterocycles. The zero-order valence-electron chi connectivity index (χ0n) is 16.5. The Morgan fingerprint density at radius 1 is 1.31 bits per heavy atom. The van der Waals surface area contributed by atoms with Gasteiger partial charge in [-0.05, 0) is 44.0 Å². The highest BCUT2D eigenvalue weighted by Gasteiger charge is 2.47. The van der Waals surface area contributed by atoms with Crippen molar-refractivity contribution in [2.75, 3.05) is 20.1 Å². The van der Waals surface area contributed by atoms with Crippen molar-refractivity contribution < 1.29 is 9.59 Å². The van der Waals surface area contributed by atoms with Crippen molar-refractivity contribution in [3.05, 3.63) is 51.8 Å². The van der Waals surface area contributed by atoms with Gasteiger partial charge in [0.15, 0.2) is 5.69 Å². The lowest BCUT2D eigenvalue weighted by Crippen LogP contribution is -2.43. The van der Waals surface area contributed by atoms with Crippen LogP contribution in [-0.4, -0.2) is 51.4 Å². The van der Waals surface area contributed by atoms with E-state index >= 15 is 0 Å². The standard InChI is InChI=1S/C20H24ClN5O2S/c1-22-29-20(8-9-20)12-26-10-7-15-16(24-25(2)17(15)19(26)28)18(27)23-11-13-3-5-14(21)6-4-13/h3-6,22H,7-12H2,1-2H3,(H,23,27). The smallest absolute Gasteiger partial charge is 0.272 e. The number of fused-ring (bicyclic) bond motifs is 1.